The minimum Gasteiger partial charge on any atom is -0.489 e. The molecule has 0 saturated heterocycles. The first-order valence-corrected chi connectivity index (χ1v) is 10.7. The summed E-state index contributed by atoms with van der Waals surface area (Å²) in [5.74, 6) is 0.433. The van der Waals surface area contributed by atoms with Crippen LogP contribution in [0.3, 0.4) is 0 Å². The maximum absolute atomic E-state index is 12.6. The minimum atomic E-state index is -0.267. The third-order valence-electron chi connectivity index (χ3n) is 4.71. The van der Waals surface area contributed by atoms with Crippen LogP contribution in [-0.4, -0.2) is 36.5 Å². The Bertz CT molecular complexity index is 750. The lowest BCUT2D eigenvalue weighted by molar-refractivity contribution is -0.143. The van der Waals surface area contributed by atoms with Gasteiger partial charge < -0.3 is 14.4 Å². The minimum absolute atomic E-state index is 0. The fraction of sp³-hybridized carbons (Fsp3) is 0.462. The highest BCUT2D eigenvalue weighted by Gasteiger charge is 2.24. The van der Waals surface area contributed by atoms with Crippen LogP contribution >= 0.6 is 0 Å². The zero-order chi connectivity index (χ0) is 22.4. The number of esters is 1. The molecule has 1 aliphatic rings. The molecular weight excluding hydrogens is 390 g/mol. The van der Waals surface area contributed by atoms with Gasteiger partial charge in [0.15, 0.2) is 0 Å². The molecule has 0 aromatic heterocycles. The lowest BCUT2D eigenvalue weighted by Crippen LogP contribution is -2.38. The second-order valence-corrected chi connectivity index (χ2v) is 6.61. The molecule has 0 unspecified atom stereocenters. The molecule has 2 rings (SSSR count). The van der Waals surface area contributed by atoms with Gasteiger partial charge in [-0.15, -0.1) is 0 Å². The molecule has 31 heavy (non-hydrogen) atoms. The second-order valence-electron chi connectivity index (χ2n) is 6.61. The summed E-state index contributed by atoms with van der Waals surface area (Å²) in [6, 6.07) is 9.95. The summed E-state index contributed by atoms with van der Waals surface area (Å²) in [5, 5.41) is 0. The number of nitrogens with zero attached hydrogens (tertiary/aromatic N) is 1. The third kappa shape index (κ3) is 9.69. The Morgan fingerprint density at radius 2 is 1.87 bits per heavy atom. The van der Waals surface area contributed by atoms with Gasteiger partial charge in [-0.2, -0.15) is 0 Å². The van der Waals surface area contributed by atoms with Crippen LogP contribution in [0.1, 0.15) is 59.9 Å². The van der Waals surface area contributed by atoms with E-state index in [4.69, 9.17) is 9.47 Å². The third-order valence-corrected chi connectivity index (χ3v) is 4.71. The van der Waals surface area contributed by atoms with E-state index in [1.165, 1.54) is 0 Å². The van der Waals surface area contributed by atoms with Gasteiger partial charge >= 0.3 is 5.97 Å². The lowest BCUT2D eigenvalue weighted by atomic mass is 9.97. The molecule has 172 valence electrons. The Morgan fingerprint density at radius 3 is 2.48 bits per heavy atom. The summed E-state index contributed by atoms with van der Waals surface area (Å²) in [4.78, 5) is 25.8. The van der Waals surface area contributed by atoms with Gasteiger partial charge in [-0.05, 0) is 44.4 Å². The van der Waals surface area contributed by atoms with Crippen LogP contribution in [0.25, 0.3) is 0 Å². The first-order chi connectivity index (χ1) is 14.5. The lowest BCUT2D eigenvalue weighted by Gasteiger charge is -2.29. The van der Waals surface area contributed by atoms with Crippen LogP contribution in [0, 0.1) is 0 Å². The van der Waals surface area contributed by atoms with Gasteiger partial charge in [0, 0.05) is 18.7 Å². The Morgan fingerprint density at radius 1 is 1.19 bits per heavy atom. The molecule has 5 nitrogen and oxygen atoms in total. The monoisotopic (exact) mass is 429 g/mol. The van der Waals surface area contributed by atoms with Crippen LogP contribution in [0.2, 0.25) is 0 Å². The zero-order valence-electron chi connectivity index (χ0n) is 18.8. The summed E-state index contributed by atoms with van der Waals surface area (Å²) < 4.78 is 10.7. The standard InChI is InChI=1S/C23H29NO4.C2H6.CH4/c1-4-21(28-17-19-9-7-6-8-10-19)12-11-20-13-15-24(23(26)18(20)3)16-14-22(25)27-5-2;1-2;/h4,6-10,12H,1,5,11,13-17H2,2-3H3;1-2H3;1H4. The van der Waals surface area contributed by atoms with Crippen LogP contribution < -0.4 is 0 Å². The molecule has 0 saturated carbocycles. The SMILES string of the molecule is C.C=CC(=CCC1=C(C)C(=O)N(CCC(=O)OCC)CC1)OCc1ccccc1.CC. The smallest absolute Gasteiger partial charge is 0.307 e. The Labute approximate surface area is 188 Å². The normalized spacial score (nSPS) is 13.6. The first kappa shape index (κ1) is 28.2. The van der Waals surface area contributed by atoms with Gasteiger partial charge in [0.1, 0.15) is 12.4 Å². The highest BCUT2D eigenvalue weighted by molar-refractivity contribution is 5.94. The number of carbonyl (C=O) groups excluding carboxylic acids is 2. The number of hydrogen-bond acceptors (Lipinski definition) is 4. The molecule has 1 amide bonds. The van der Waals surface area contributed by atoms with Crippen molar-refractivity contribution in [3.8, 4) is 0 Å². The van der Waals surface area contributed by atoms with Crippen molar-refractivity contribution in [3.05, 3.63) is 71.5 Å². The number of carbonyl (C=O) groups is 2. The number of amides is 1. The maximum Gasteiger partial charge on any atom is 0.307 e. The summed E-state index contributed by atoms with van der Waals surface area (Å²) in [6.45, 7) is 13.3. The van der Waals surface area contributed by atoms with Crippen LogP contribution in [-0.2, 0) is 25.7 Å². The molecule has 1 aromatic carbocycles. The quantitative estimate of drug-likeness (QED) is 0.267. The van der Waals surface area contributed by atoms with E-state index in [9.17, 15) is 9.59 Å². The predicted molar refractivity (Wildman–Crippen MR) is 127 cm³/mol. The second kappa shape index (κ2) is 15.9. The van der Waals surface area contributed by atoms with Crippen molar-refractivity contribution in [1.82, 2.24) is 4.90 Å². The van der Waals surface area contributed by atoms with Gasteiger partial charge in [-0.25, -0.2) is 0 Å². The number of hydrogen-bond donors (Lipinski definition) is 0. The Kier molecular flexibility index (Phi) is 14.5. The van der Waals surface area contributed by atoms with Crippen LogP contribution in [0.15, 0.2) is 66.0 Å². The summed E-state index contributed by atoms with van der Waals surface area (Å²) in [5.41, 5.74) is 2.94. The number of ether oxygens (including phenoxy) is 2. The van der Waals surface area contributed by atoms with Gasteiger partial charge in [-0.1, -0.05) is 63.8 Å². The topological polar surface area (TPSA) is 55.8 Å². The number of rotatable bonds is 10. The molecule has 1 heterocycles. The number of benzene rings is 1. The predicted octanol–water partition coefficient (Wildman–Crippen LogP) is 5.83. The van der Waals surface area contributed by atoms with Crippen molar-refractivity contribution >= 4 is 11.9 Å². The Hall–Kier alpha value is -2.82. The van der Waals surface area contributed by atoms with Crippen molar-refractivity contribution in [2.24, 2.45) is 0 Å². The summed E-state index contributed by atoms with van der Waals surface area (Å²) >= 11 is 0. The molecule has 1 aliphatic heterocycles. The van der Waals surface area contributed by atoms with Crippen molar-refractivity contribution in [2.45, 2.75) is 61.0 Å². The van der Waals surface area contributed by atoms with E-state index in [1.807, 2.05) is 57.2 Å². The largest absolute Gasteiger partial charge is 0.489 e. The van der Waals surface area contributed by atoms with Crippen molar-refractivity contribution in [3.63, 3.8) is 0 Å². The van der Waals surface area contributed by atoms with E-state index < -0.39 is 0 Å². The molecule has 5 heteroatoms. The van der Waals surface area contributed by atoms with E-state index in [2.05, 4.69) is 6.58 Å². The van der Waals surface area contributed by atoms with E-state index in [0.717, 1.165) is 23.1 Å². The molecule has 0 aliphatic carbocycles. The average molecular weight is 430 g/mol. The molecule has 0 fully saturated rings. The van der Waals surface area contributed by atoms with Crippen molar-refractivity contribution in [2.75, 3.05) is 19.7 Å². The van der Waals surface area contributed by atoms with E-state index in [-0.39, 0.29) is 25.7 Å². The summed E-state index contributed by atoms with van der Waals surface area (Å²) in [6.07, 6.45) is 5.33. The average Bonchev–Trinajstić information content (AvgIpc) is 2.78. The van der Waals surface area contributed by atoms with E-state index in [0.29, 0.717) is 38.5 Å². The van der Waals surface area contributed by atoms with Crippen molar-refractivity contribution in [1.29, 1.82) is 0 Å². The molecule has 0 N–H and O–H groups in total. The van der Waals surface area contributed by atoms with Gasteiger partial charge in [0.05, 0.1) is 13.0 Å². The highest BCUT2D eigenvalue weighted by atomic mass is 16.5. The first-order valence-electron chi connectivity index (χ1n) is 10.7. The van der Waals surface area contributed by atoms with Crippen LogP contribution in [0.5, 0.6) is 0 Å². The van der Waals surface area contributed by atoms with E-state index >= 15 is 0 Å². The van der Waals surface area contributed by atoms with Gasteiger partial charge in [0.25, 0.3) is 0 Å². The fourth-order valence-corrected chi connectivity index (χ4v) is 3.04. The van der Waals surface area contributed by atoms with Gasteiger partial charge in [0.2, 0.25) is 5.91 Å². The van der Waals surface area contributed by atoms with Crippen LogP contribution in [0.4, 0.5) is 0 Å². The number of allylic oxidation sites excluding steroid dienone is 2. The van der Waals surface area contributed by atoms with Gasteiger partial charge in [-0.3, -0.25) is 9.59 Å². The van der Waals surface area contributed by atoms with Crippen molar-refractivity contribution < 1.29 is 19.1 Å². The highest BCUT2D eigenvalue weighted by Crippen LogP contribution is 2.23. The molecule has 0 bridgehead atoms. The maximum atomic E-state index is 12.6. The molecule has 1 aromatic rings. The summed E-state index contributed by atoms with van der Waals surface area (Å²) in [7, 11) is 0. The molecule has 0 spiro atoms. The van der Waals surface area contributed by atoms with E-state index in [1.54, 1.807) is 17.9 Å². The molecule has 0 atom stereocenters. The Balaban J connectivity index is 0.00000291. The zero-order valence-corrected chi connectivity index (χ0v) is 18.8. The molecular formula is C26H39NO4. The fourth-order valence-electron chi connectivity index (χ4n) is 3.04. The molecule has 0 radical (unpaired) electrons.